The standard InChI is InChI=1S/C30H26N2O5/c1-19-3-5-21(6-4-19)25-15-23(20-7-10-24(36-2)11-8-20)16-26(31-25)22-9-12-28-27(17-22)32(14-13-30(34)35)29(33)18-37-28/h3-12,15-17H,13-14,18H2,1-2H3,(H,34,35). The van der Waals surface area contributed by atoms with Crippen LogP contribution in [0, 0.1) is 6.92 Å². The first-order valence-electron chi connectivity index (χ1n) is 11.9. The summed E-state index contributed by atoms with van der Waals surface area (Å²) in [4.78, 5) is 30.2. The molecule has 1 amide bonds. The van der Waals surface area contributed by atoms with Crippen molar-refractivity contribution in [3.63, 3.8) is 0 Å². The molecule has 0 unspecified atom stereocenters. The Kier molecular flexibility index (Phi) is 6.60. The molecule has 2 heterocycles. The number of rotatable bonds is 7. The number of carboxylic acid groups (broad SMARTS) is 1. The Morgan fingerprint density at radius 2 is 1.57 bits per heavy atom. The number of aliphatic carboxylic acids is 1. The molecule has 3 aromatic carbocycles. The van der Waals surface area contributed by atoms with Crippen molar-refractivity contribution in [1.29, 1.82) is 0 Å². The molecule has 1 aliphatic rings. The molecule has 0 aliphatic carbocycles. The average Bonchev–Trinajstić information content (AvgIpc) is 2.92. The van der Waals surface area contributed by atoms with Crippen LogP contribution in [0.3, 0.4) is 0 Å². The van der Waals surface area contributed by atoms with Gasteiger partial charge in [0.15, 0.2) is 6.61 Å². The molecule has 0 atom stereocenters. The van der Waals surface area contributed by atoms with Crippen LogP contribution >= 0.6 is 0 Å². The summed E-state index contributed by atoms with van der Waals surface area (Å²) in [6.07, 6.45) is -0.155. The first-order valence-corrected chi connectivity index (χ1v) is 11.9. The second-order valence-electron chi connectivity index (χ2n) is 8.88. The van der Waals surface area contributed by atoms with Crippen LogP contribution in [-0.2, 0) is 9.59 Å². The number of carbonyl (C=O) groups excluding carboxylic acids is 1. The molecule has 0 saturated heterocycles. The van der Waals surface area contributed by atoms with E-state index in [1.807, 2.05) is 61.5 Å². The van der Waals surface area contributed by atoms with E-state index in [4.69, 9.17) is 19.6 Å². The van der Waals surface area contributed by atoms with E-state index in [2.05, 4.69) is 18.2 Å². The van der Waals surface area contributed by atoms with Crippen molar-refractivity contribution >= 4 is 17.6 Å². The summed E-state index contributed by atoms with van der Waals surface area (Å²) < 4.78 is 10.9. The number of aryl methyl sites for hydroxylation is 1. The summed E-state index contributed by atoms with van der Waals surface area (Å²) in [5.41, 5.74) is 7.02. The van der Waals surface area contributed by atoms with Crippen molar-refractivity contribution in [2.24, 2.45) is 0 Å². The molecular weight excluding hydrogens is 468 g/mol. The van der Waals surface area contributed by atoms with Gasteiger partial charge in [-0.15, -0.1) is 0 Å². The molecule has 7 heteroatoms. The Hall–Kier alpha value is -4.65. The maximum Gasteiger partial charge on any atom is 0.305 e. The fourth-order valence-electron chi connectivity index (χ4n) is 4.31. The molecule has 7 nitrogen and oxygen atoms in total. The fraction of sp³-hybridized carbons (Fsp3) is 0.167. The van der Waals surface area contributed by atoms with Gasteiger partial charge in [-0.2, -0.15) is 0 Å². The predicted octanol–water partition coefficient (Wildman–Crippen LogP) is 5.60. The number of hydrogen-bond donors (Lipinski definition) is 1. The number of hydrogen-bond acceptors (Lipinski definition) is 5. The Balaban J connectivity index is 1.62. The summed E-state index contributed by atoms with van der Waals surface area (Å²) in [5, 5.41) is 9.15. The highest BCUT2D eigenvalue weighted by Crippen LogP contribution is 2.38. The van der Waals surface area contributed by atoms with Gasteiger partial charge in [0.2, 0.25) is 0 Å². The number of fused-ring (bicyclic) bond motifs is 1. The molecule has 37 heavy (non-hydrogen) atoms. The smallest absolute Gasteiger partial charge is 0.305 e. The molecule has 0 bridgehead atoms. The van der Waals surface area contributed by atoms with Crippen LogP contribution in [0.2, 0.25) is 0 Å². The van der Waals surface area contributed by atoms with Crippen LogP contribution in [0.5, 0.6) is 11.5 Å². The van der Waals surface area contributed by atoms with E-state index in [1.54, 1.807) is 13.2 Å². The molecular formula is C30H26N2O5. The van der Waals surface area contributed by atoms with Crippen molar-refractivity contribution < 1.29 is 24.2 Å². The van der Waals surface area contributed by atoms with Gasteiger partial charge >= 0.3 is 5.97 Å². The summed E-state index contributed by atoms with van der Waals surface area (Å²) >= 11 is 0. The number of anilines is 1. The van der Waals surface area contributed by atoms with Gasteiger partial charge in [-0.1, -0.05) is 42.0 Å². The molecule has 5 rings (SSSR count). The van der Waals surface area contributed by atoms with Crippen LogP contribution in [0.1, 0.15) is 12.0 Å². The minimum absolute atomic E-state index is 0.0713. The number of carbonyl (C=O) groups is 2. The van der Waals surface area contributed by atoms with Crippen LogP contribution in [0.15, 0.2) is 78.9 Å². The summed E-state index contributed by atoms with van der Waals surface area (Å²) in [6, 6.07) is 25.7. The second kappa shape index (κ2) is 10.1. The third-order valence-corrected chi connectivity index (χ3v) is 6.34. The SMILES string of the molecule is COc1ccc(-c2cc(-c3ccc(C)cc3)nc(-c3ccc4c(c3)N(CCC(=O)O)C(=O)CO4)c2)cc1. The maximum absolute atomic E-state index is 12.6. The molecule has 186 valence electrons. The number of pyridine rings is 1. The summed E-state index contributed by atoms with van der Waals surface area (Å²) in [5.74, 6) is 0.0798. The van der Waals surface area contributed by atoms with E-state index in [-0.39, 0.29) is 25.5 Å². The number of amides is 1. The molecule has 0 spiro atoms. The molecule has 0 saturated carbocycles. The van der Waals surface area contributed by atoms with E-state index in [0.29, 0.717) is 11.4 Å². The van der Waals surface area contributed by atoms with E-state index >= 15 is 0 Å². The Labute approximate surface area is 214 Å². The largest absolute Gasteiger partial charge is 0.497 e. The van der Waals surface area contributed by atoms with E-state index in [1.165, 1.54) is 4.90 Å². The van der Waals surface area contributed by atoms with Crippen LogP contribution < -0.4 is 14.4 Å². The van der Waals surface area contributed by atoms with Crippen LogP contribution in [0.25, 0.3) is 33.6 Å². The lowest BCUT2D eigenvalue weighted by atomic mass is 9.99. The van der Waals surface area contributed by atoms with Crippen molar-refractivity contribution in [2.75, 3.05) is 25.2 Å². The number of nitrogens with zero attached hydrogens (tertiary/aromatic N) is 2. The highest BCUT2D eigenvalue weighted by molar-refractivity contribution is 5.99. The van der Waals surface area contributed by atoms with Gasteiger partial charge in [0.1, 0.15) is 11.5 Å². The van der Waals surface area contributed by atoms with Gasteiger partial charge < -0.3 is 19.5 Å². The lowest BCUT2D eigenvalue weighted by molar-refractivity contribution is -0.136. The Morgan fingerprint density at radius 1 is 0.919 bits per heavy atom. The topological polar surface area (TPSA) is 89.0 Å². The lowest BCUT2D eigenvalue weighted by Gasteiger charge is -2.29. The number of benzene rings is 3. The van der Waals surface area contributed by atoms with Crippen molar-refractivity contribution in [3.05, 3.63) is 84.4 Å². The molecule has 0 radical (unpaired) electrons. The minimum atomic E-state index is -0.964. The van der Waals surface area contributed by atoms with Crippen LogP contribution in [0.4, 0.5) is 5.69 Å². The van der Waals surface area contributed by atoms with Gasteiger partial charge in [-0.25, -0.2) is 4.98 Å². The Bertz CT molecular complexity index is 1460. The highest BCUT2D eigenvalue weighted by atomic mass is 16.5. The highest BCUT2D eigenvalue weighted by Gasteiger charge is 2.26. The third kappa shape index (κ3) is 5.16. The van der Waals surface area contributed by atoms with Crippen LogP contribution in [-0.4, -0.2) is 42.2 Å². The van der Waals surface area contributed by atoms with Crippen molar-refractivity contribution in [3.8, 4) is 45.1 Å². The average molecular weight is 495 g/mol. The molecule has 0 fully saturated rings. The summed E-state index contributed by atoms with van der Waals surface area (Å²) in [7, 11) is 1.64. The molecule has 1 N–H and O–H groups in total. The monoisotopic (exact) mass is 494 g/mol. The van der Waals surface area contributed by atoms with Gasteiger partial charge in [-0.3, -0.25) is 9.59 Å². The zero-order chi connectivity index (χ0) is 25.9. The van der Waals surface area contributed by atoms with E-state index in [0.717, 1.165) is 45.0 Å². The zero-order valence-electron chi connectivity index (χ0n) is 20.6. The number of carboxylic acids is 1. The normalized spacial score (nSPS) is 12.6. The zero-order valence-corrected chi connectivity index (χ0v) is 20.6. The van der Waals surface area contributed by atoms with Gasteiger partial charge in [-0.05, 0) is 60.5 Å². The first kappa shape index (κ1) is 24.1. The van der Waals surface area contributed by atoms with Gasteiger partial charge in [0, 0.05) is 17.7 Å². The molecule has 4 aromatic rings. The predicted molar refractivity (Wildman–Crippen MR) is 142 cm³/mol. The van der Waals surface area contributed by atoms with E-state index in [9.17, 15) is 9.59 Å². The fourth-order valence-corrected chi connectivity index (χ4v) is 4.31. The Morgan fingerprint density at radius 3 is 2.24 bits per heavy atom. The number of methoxy groups -OCH3 is 1. The lowest BCUT2D eigenvalue weighted by Crippen LogP contribution is -2.40. The first-order chi connectivity index (χ1) is 17.9. The van der Waals surface area contributed by atoms with Crippen molar-refractivity contribution in [1.82, 2.24) is 4.98 Å². The molecule has 1 aromatic heterocycles. The quantitative estimate of drug-likeness (QED) is 0.360. The maximum atomic E-state index is 12.6. The summed E-state index contributed by atoms with van der Waals surface area (Å²) in [6.45, 7) is 2.00. The van der Waals surface area contributed by atoms with E-state index < -0.39 is 5.97 Å². The van der Waals surface area contributed by atoms with Gasteiger partial charge in [0.05, 0.1) is 30.6 Å². The van der Waals surface area contributed by atoms with Gasteiger partial charge in [0.25, 0.3) is 5.91 Å². The number of aromatic nitrogens is 1. The molecule has 1 aliphatic heterocycles. The second-order valence-corrected chi connectivity index (χ2v) is 8.88. The third-order valence-electron chi connectivity index (χ3n) is 6.34. The number of ether oxygens (including phenoxy) is 2. The minimum Gasteiger partial charge on any atom is -0.497 e. The van der Waals surface area contributed by atoms with Crippen molar-refractivity contribution in [2.45, 2.75) is 13.3 Å².